The van der Waals surface area contributed by atoms with Crippen molar-refractivity contribution in [1.82, 2.24) is 9.55 Å². The standard InChI is InChI=1S/C26H28N4O/c1-4-30-24-14-6-5-13-23(24)28-25(30)16-15-19-9-7-11-21(17-19)27-26(31)20-10-8-12-22(18-20)29(2)3/h5-14,17-18H,4,15-16H2,1-3H3,(H,27,31). The van der Waals surface area contributed by atoms with Gasteiger partial charge >= 0.3 is 0 Å². The summed E-state index contributed by atoms with van der Waals surface area (Å²) in [6, 6.07) is 24.0. The highest BCUT2D eigenvalue weighted by atomic mass is 16.1. The van der Waals surface area contributed by atoms with Crippen molar-refractivity contribution in [1.29, 1.82) is 0 Å². The Morgan fingerprint density at radius 3 is 2.58 bits per heavy atom. The van der Waals surface area contributed by atoms with Gasteiger partial charge in [0.2, 0.25) is 0 Å². The minimum absolute atomic E-state index is 0.103. The second-order valence-electron chi connectivity index (χ2n) is 7.86. The summed E-state index contributed by atoms with van der Waals surface area (Å²) >= 11 is 0. The first kappa shape index (κ1) is 20.7. The van der Waals surface area contributed by atoms with Gasteiger partial charge in [0.25, 0.3) is 5.91 Å². The predicted molar refractivity (Wildman–Crippen MR) is 128 cm³/mol. The summed E-state index contributed by atoms with van der Waals surface area (Å²) in [5, 5.41) is 3.03. The van der Waals surface area contributed by atoms with Crippen LogP contribution in [0.2, 0.25) is 0 Å². The normalized spacial score (nSPS) is 10.9. The molecule has 158 valence electrons. The third-order valence-electron chi connectivity index (χ3n) is 5.50. The topological polar surface area (TPSA) is 50.2 Å². The summed E-state index contributed by atoms with van der Waals surface area (Å²) in [6.45, 7) is 3.05. The van der Waals surface area contributed by atoms with E-state index in [1.165, 1.54) is 11.1 Å². The molecular weight excluding hydrogens is 384 g/mol. The monoisotopic (exact) mass is 412 g/mol. The molecular formula is C26H28N4O. The number of benzene rings is 3. The van der Waals surface area contributed by atoms with E-state index in [2.05, 4.69) is 41.1 Å². The van der Waals surface area contributed by atoms with Crippen LogP contribution in [0.25, 0.3) is 11.0 Å². The van der Waals surface area contributed by atoms with E-state index in [1.54, 1.807) is 0 Å². The molecule has 4 rings (SSSR count). The minimum Gasteiger partial charge on any atom is -0.378 e. The lowest BCUT2D eigenvalue weighted by molar-refractivity contribution is 0.102. The Bertz CT molecular complexity index is 1210. The number of aromatic nitrogens is 2. The van der Waals surface area contributed by atoms with E-state index < -0.39 is 0 Å². The molecule has 4 aromatic rings. The zero-order valence-corrected chi connectivity index (χ0v) is 18.3. The Labute approximate surface area is 183 Å². The van der Waals surface area contributed by atoms with Gasteiger partial charge in [0.15, 0.2) is 0 Å². The number of amides is 1. The third-order valence-corrected chi connectivity index (χ3v) is 5.50. The van der Waals surface area contributed by atoms with Crippen LogP contribution < -0.4 is 10.2 Å². The van der Waals surface area contributed by atoms with E-state index in [1.807, 2.05) is 67.5 Å². The van der Waals surface area contributed by atoms with Crippen molar-refractivity contribution in [2.75, 3.05) is 24.3 Å². The van der Waals surface area contributed by atoms with Crippen LogP contribution in [0.1, 0.15) is 28.7 Å². The van der Waals surface area contributed by atoms with Crippen LogP contribution in [-0.2, 0) is 19.4 Å². The van der Waals surface area contributed by atoms with Gasteiger partial charge in [0.05, 0.1) is 11.0 Å². The second-order valence-corrected chi connectivity index (χ2v) is 7.86. The number of rotatable bonds is 7. The van der Waals surface area contributed by atoms with Crippen LogP contribution in [0, 0.1) is 0 Å². The first-order valence-corrected chi connectivity index (χ1v) is 10.7. The van der Waals surface area contributed by atoms with Gasteiger partial charge in [-0.05, 0) is 61.4 Å². The largest absolute Gasteiger partial charge is 0.378 e. The zero-order valence-electron chi connectivity index (χ0n) is 18.3. The van der Waals surface area contributed by atoms with Gasteiger partial charge in [-0.25, -0.2) is 4.98 Å². The van der Waals surface area contributed by atoms with Crippen LogP contribution >= 0.6 is 0 Å². The highest BCUT2D eigenvalue weighted by Crippen LogP contribution is 2.20. The van der Waals surface area contributed by atoms with E-state index >= 15 is 0 Å². The molecule has 0 aliphatic rings. The van der Waals surface area contributed by atoms with Crippen LogP contribution in [-0.4, -0.2) is 29.6 Å². The molecule has 0 fully saturated rings. The molecule has 0 radical (unpaired) electrons. The van der Waals surface area contributed by atoms with Gasteiger partial charge in [-0.3, -0.25) is 4.79 Å². The number of nitrogens with one attached hydrogen (secondary N) is 1. The molecule has 1 heterocycles. The first-order chi connectivity index (χ1) is 15.0. The molecule has 5 nitrogen and oxygen atoms in total. The van der Waals surface area contributed by atoms with E-state index in [-0.39, 0.29) is 5.91 Å². The van der Waals surface area contributed by atoms with Gasteiger partial charge in [0, 0.05) is 44.0 Å². The van der Waals surface area contributed by atoms with Gasteiger partial charge in [-0.15, -0.1) is 0 Å². The molecule has 0 bridgehead atoms. The average Bonchev–Trinajstić information content (AvgIpc) is 3.15. The molecule has 1 aromatic heterocycles. The van der Waals surface area contributed by atoms with E-state index in [4.69, 9.17) is 4.98 Å². The van der Waals surface area contributed by atoms with Crippen molar-refractivity contribution in [3.63, 3.8) is 0 Å². The number of carbonyl (C=O) groups is 1. The molecule has 0 saturated carbocycles. The maximum Gasteiger partial charge on any atom is 0.255 e. The van der Waals surface area contributed by atoms with Crippen molar-refractivity contribution in [2.45, 2.75) is 26.3 Å². The van der Waals surface area contributed by atoms with Gasteiger partial charge in [-0.1, -0.05) is 30.3 Å². The number of hydrogen-bond acceptors (Lipinski definition) is 3. The predicted octanol–water partition coefficient (Wildman–Crippen LogP) is 5.16. The molecule has 5 heteroatoms. The molecule has 0 spiro atoms. The highest BCUT2D eigenvalue weighted by molar-refractivity contribution is 6.04. The lowest BCUT2D eigenvalue weighted by Crippen LogP contribution is -2.14. The van der Waals surface area contributed by atoms with Crippen LogP contribution in [0.4, 0.5) is 11.4 Å². The summed E-state index contributed by atoms with van der Waals surface area (Å²) < 4.78 is 2.28. The fraction of sp³-hybridized carbons (Fsp3) is 0.231. The SMILES string of the molecule is CCn1c(CCc2cccc(NC(=O)c3cccc(N(C)C)c3)c2)nc2ccccc21. The van der Waals surface area contributed by atoms with Crippen molar-refractivity contribution in [3.05, 3.63) is 89.7 Å². The fourth-order valence-corrected chi connectivity index (χ4v) is 3.86. The van der Waals surface area contributed by atoms with E-state index in [0.717, 1.165) is 42.1 Å². The molecule has 1 N–H and O–H groups in total. The summed E-state index contributed by atoms with van der Waals surface area (Å²) in [7, 11) is 3.93. The molecule has 1 amide bonds. The van der Waals surface area contributed by atoms with E-state index in [0.29, 0.717) is 5.56 Å². The number of imidazole rings is 1. The van der Waals surface area contributed by atoms with Crippen molar-refractivity contribution in [2.24, 2.45) is 0 Å². The number of para-hydroxylation sites is 2. The maximum absolute atomic E-state index is 12.7. The fourth-order valence-electron chi connectivity index (χ4n) is 3.86. The van der Waals surface area contributed by atoms with Gasteiger partial charge < -0.3 is 14.8 Å². The smallest absolute Gasteiger partial charge is 0.255 e. The van der Waals surface area contributed by atoms with Crippen molar-refractivity contribution < 1.29 is 4.79 Å². The lowest BCUT2D eigenvalue weighted by atomic mass is 10.1. The van der Waals surface area contributed by atoms with Crippen LogP contribution in [0.3, 0.4) is 0 Å². The number of nitrogens with zero attached hydrogens (tertiary/aromatic N) is 3. The van der Waals surface area contributed by atoms with Crippen molar-refractivity contribution in [3.8, 4) is 0 Å². The second kappa shape index (κ2) is 9.04. The average molecular weight is 413 g/mol. The molecule has 31 heavy (non-hydrogen) atoms. The minimum atomic E-state index is -0.103. The Balaban J connectivity index is 1.47. The quantitative estimate of drug-likeness (QED) is 0.456. The number of fused-ring (bicyclic) bond motifs is 1. The van der Waals surface area contributed by atoms with Crippen LogP contribution in [0.15, 0.2) is 72.8 Å². The molecule has 0 aliphatic heterocycles. The Morgan fingerprint density at radius 2 is 1.77 bits per heavy atom. The Hall–Kier alpha value is -3.60. The number of hydrogen-bond donors (Lipinski definition) is 1. The zero-order chi connectivity index (χ0) is 21.8. The Kier molecular flexibility index (Phi) is 6.03. The maximum atomic E-state index is 12.7. The van der Waals surface area contributed by atoms with Gasteiger partial charge in [0.1, 0.15) is 5.82 Å². The third kappa shape index (κ3) is 4.61. The van der Waals surface area contributed by atoms with E-state index in [9.17, 15) is 4.79 Å². The molecule has 0 saturated heterocycles. The van der Waals surface area contributed by atoms with Crippen molar-refractivity contribution >= 4 is 28.3 Å². The number of anilines is 2. The molecule has 3 aromatic carbocycles. The summed E-state index contributed by atoms with van der Waals surface area (Å²) in [4.78, 5) is 19.5. The highest BCUT2D eigenvalue weighted by Gasteiger charge is 2.11. The molecule has 0 aliphatic carbocycles. The summed E-state index contributed by atoms with van der Waals surface area (Å²) in [6.07, 6.45) is 1.72. The number of carbonyl (C=O) groups excluding carboxylic acids is 1. The Morgan fingerprint density at radius 1 is 0.968 bits per heavy atom. The van der Waals surface area contributed by atoms with Crippen LogP contribution in [0.5, 0.6) is 0 Å². The molecule has 0 unspecified atom stereocenters. The van der Waals surface area contributed by atoms with Gasteiger partial charge in [-0.2, -0.15) is 0 Å². The number of aryl methyl sites for hydroxylation is 3. The first-order valence-electron chi connectivity index (χ1n) is 10.7. The summed E-state index contributed by atoms with van der Waals surface area (Å²) in [5.41, 5.74) is 5.85. The molecule has 0 atom stereocenters. The summed E-state index contributed by atoms with van der Waals surface area (Å²) in [5.74, 6) is 0.993. The lowest BCUT2D eigenvalue weighted by Gasteiger charge is -2.13.